The molecule has 0 aliphatic heterocycles. The van der Waals surface area contributed by atoms with Gasteiger partial charge < -0.3 is 15.6 Å². The van der Waals surface area contributed by atoms with E-state index in [1.54, 1.807) is 10.8 Å². The van der Waals surface area contributed by atoms with E-state index in [1.807, 2.05) is 0 Å². The molecule has 2 aromatic rings. The van der Waals surface area contributed by atoms with Crippen molar-refractivity contribution in [2.75, 3.05) is 19.5 Å². The lowest BCUT2D eigenvalue weighted by molar-refractivity contribution is 0.170. The Hall–Kier alpha value is -2.22. The minimum absolute atomic E-state index is 0.0500. The number of alkyl halides is 1. The van der Waals surface area contributed by atoms with Gasteiger partial charge in [0.25, 0.3) is 0 Å². The quantitative estimate of drug-likeness (QED) is 0.831. The van der Waals surface area contributed by atoms with E-state index in [9.17, 15) is 4.39 Å². The number of aliphatic hydroxyl groups excluding tert-OH is 1. The van der Waals surface area contributed by atoms with E-state index in [-0.39, 0.29) is 18.2 Å². The Morgan fingerprint density at radius 1 is 1.63 bits per heavy atom. The highest BCUT2D eigenvalue weighted by Crippen LogP contribution is 2.46. The molecular formula is C11H12FN5O2. The smallest absolute Gasteiger partial charge is 0.246 e. The van der Waals surface area contributed by atoms with Gasteiger partial charge in [-0.25, -0.2) is 9.37 Å². The molecule has 7 nitrogen and oxygen atoms in total. The van der Waals surface area contributed by atoms with Crippen LogP contribution in [0.2, 0.25) is 0 Å². The van der Waals surface area contributed by atoms with Gasteiger partial charge in [-0.05, 0) is 5.57 Å². The number of hydrogen-bond acceptors (Lipinski definition) is 6. The number of ether oxygens (including phenoxy) is 1. The highest BCUT2D eigenvalue weighted by atomic mass is 19.1. The molecule has 0 aromatic carbocycles. The Morgan fingerprint density at radius 3 is 3.05 bits per heavy atom. The van der Waals surface area contributed by atoms with Gasteiger partial charge in [0, 0.05) is 12.6 Å². The van der Waals surface area contributed by atoms with Crippen molar-refractivity contribution in [2.24, 2.45) is 0 Å². The first-order valence-electron chi connectivity index (χ1n) is 5.62. The van der Waals surface area contributed by atoms with E-state index in [0.717, 1.165) is 0 Å². The minimum atomic E-state index is -1.61. The fourth-order valence-electron chi connectivity index (χ4n) is 1.89. The van der Waals surface area contributed by atoms with Crippen LogP contribution in [0, 0.1) is 0 Å². The maximum absolute atomic E-state index is 13.7. The van der Waals surface area contributed by atoms with E-state index in [1.165, 1.54) is 13.4 Å². The number of imidazole rings is 1. The summed E-state index contributed by atoms with van der Waals surface area (Å²) in [6, 6.07) is 0. The van der Waals surface area contributed by atoms with Gasteiger partial charge in [-0.1, -0.05) is 0 Å². The predicted octanol–water partition coefficient (Wildman–Crippen LogP) is 0.362. The van der Waals surface area contributed by atoms with Gasteiger partial charge in [-0.2, -0.15) is 9.97 Å². The lowest BCUT2D eigenvalue weighted by atomic mass is 10.4. The number of nitrogens with two attached hydrogens (primary N) is 1. The molecular weight excluding hydrogens is 253 g/mol. The molecule has 0 bridgehead atoms. The largest absolute Gasteiger partial charge is 0.479 e. The lowest BCUT2D eigenvalue weighted by Crippen LogP contribution is -2.06. The number of aliphatic hydroxyl groups is 1. The Labute approximate surface area is 107 Å². The first-order chi connectivity index (χ1) is 9.07. The van der Waals surface area contributed by atoms with Gasteiger partial charge in [-0.15, -0.1) is 0 Å². The summed E-state index contributed by atoms with van der Waals surface area (Å²) in [5.41, 5.74) is 5.34. The number of methoxy groups -OCH3 is 1. The van der Waals surface area contributed by atoms with Crippen molar-refractivity contribution in [3.05, 3.63) is 11.9 Å². The molecule has 1 saturated carbocycles. The molecule has 1 unspecified atom stereocenters. The van der Waals surface area contributed by atoms with Crippen molar-refractivity contribution in [1.82, 2.24) is 19.5 Å². The van der Waals surface area contributed by atoms with E-state index in [4.69, 9.17) is 15.6 Å². The van der Waals surface area contributed by atoms with Crippen LogP contribution in [-0.4, -0.2) is 44.0 Å². The van der Waals surface area contributed by atoms with Crippen molar-refractivity contribution < 1.29 is 14.2 Å². The molecule has 8 heteroatoms. The molecule has 1 atom stereocenters. The molecule has 19 heavy (non-hydrogen) atoms. The van der Waals surface area contributed by atoms with Crippen LogP contribution in [0.15, 0.2) is 11.9 Å². The molecule has 0 amide bonds. The van der Waals surface area contributed by atoms with Gasteiger partial charge in [0.2, 0.25) is 11.8 Å². The fourth-order valence-corrected chi connectivity index (χ4v) is 1.89. The lowest BCUT2D eigenvalue weighted by Gasteiger charge is -2.01. The summed E-state index contributed by atoms with van der Waals surface area (Å²) in [5, 5.41) is 8.90. The average Bonchev–Trinajstić information content (AvgIpc) is 2.87. The molecule has 1 aliphatic carbocycles. The zero-order chi connectivity index (χ0) is 13.6. The summed E-state index contributed by atoms with van der Waals surface area (Å²) in [4.78, 5) is 12.1. The maximum Gasteiger partial charge on any atom is 0.246 e. The van der Waals surface area contributed by atoms with Crippen molar-refractivity contribution in [3.8, 4) is 5.88 Å². The van der Waals surface area contributed by atoms with E-state index >= 15 is 0 Å². The number of fused-ring (bicyclic) bond motifs is 1. The summed E-state index contributed by atoms with van der Waals surface area (Å²) >= 11 is 0. The maximum atomic E-state index is 13.7. The van der Waals surface area contributed by atoms with E-state index in [2.05, 4.69) is 15.0 Å². The summed E-state index contributed by atoms with van der Waals surface area (Å²) < 4.78 is 20.3. The molecule has 0 radical (unpaired) electrons. The number of halogens is 1. The second-order valence-electron chi connectivity index (χ2n) is 4.37. The summed E-state index contributed by atoms with van der Waals surface area (Å²) in [6.45, 7) is -0.522. The number of hydrogen-bond donors (Lipinski definition) is 2. The highest BCUT2D eigenvalue weighted by Gasteiger charge is 2.49. The number of nitrogen functional groups attached to an aromatic ring is 1. The molecule has 100 valence electrons. The molecule has 2 heterocycles. The van der Waals surface area contributed by atoms with E-state index < -0.39 is 12.3 Å². The van der Waals surface area contributed by atoms with Crippen molar-refractivity contribution >= 4 is 23.3 Å². The van der Waals surface area contributed by atoms with Gasteiger partial charge in [0.05, 0.1) is 13.7 Å². The van der Waals surface area contributed by atoms with Gasteiger partial charge in [0.1, 0.15) is 6.33 Å². The topological polar surface area (TPSA) is 99.1 Å². The summed E-state index contributed by atoms with van der Waals surface area (Å²) in [5.74, 6) is 0.318. The Balaban J connectivity index is 2.09. The number of nitrogens with zero attached hydrogens (tertiary/aromatic N) is 4. The minimum Gasteiger partial charge on any atom is -0.479 e. The monoisotopic (exact) mass is 265 g/mol. The van der Waals surface area contributed by atoms with E-state index in [0.29, 0.717) is 16.7 Å². The van der Waals surface area contributed by atoms with Crippen molar-refractivity contribution in [3.63, 3.8) is 0 Å². The summed E-state index contributed by atoms with van der Waals surface area (Å²) in [6.07, 6.45) is 3.24. The van der Waals surface area contributed by atoms with Gasteiger partial charge in [0.15, 0.2) is 16.8 Å². The van der Waals surface area contributed by atoms with Gasteiger partial charge in [-0.3, -0.25) is 4.57 Å². The third kappa shape index (κ3) is 1.80. The zero-order valence-electron chi connectivity index (χ0n) is 10.2. The first-order valence-corrected chi connectivity index (χ1v) is 5.62. The number of anilines is 1. The van der Waals surface area contributed by atoms with Crippen LogP contribution < -0.4 is 10.5 Å². The van der Waals surface area contributed by atoms with Crippen LogP contribution in [0.5, 0.6) is 5.88 Å². The van der Waals surface area contributed by atoms with Crippen molar-refractivity contribution in [1.29, 1.82) is 0 Å². The van der Waals surface area contributed by atoms with Crippen molar-refractivity contribution in [2.45, 2.75) is 12.1 Å². The second kappa shape index (κ2) is 3.89. The Morgan fingerprint density at radius 2 is 2.42 bits per heavy atom. The molecule has 0 spiro atoms. The van der Waals surface area contributed by atoms with Crippen LogP contribution in [-0.2, 0) is 0 Å². The molecule has 1 fully saturated rings. The molecule has 3 N–H and O–H groups in total. The predicted molar refractivity (Wildman–Crippen MR) is 66.1 cm³/mol. The normalized spacial score (nSPS) is 24.1. The Kier molecular flexibility index (Phi) is 2.42. The van der Waals surface area contributed by atoms with Crippen LogP contribution in [0.4, 0.5) is 10.3 Å². The van der Waals surface area contributed by atoms with Crippen LogP contribution in [0.1, 0.15) is 6.42 Å². The molecule has 1 aliphatic rings. The third-order valence-corrected chi connectivity index (χ3v) is 3.07. The first kappa shape index (κ1) is 11.8. The number of rotatable bonds is 3. The molecule has 0 saturated heterocycles. The van der Waals surface area contributed by atoms with Gasteiger partial charge >= 0.3 is 0 Å². The average molecular weight is 265 g/mol. The second-order valence-corrected chi connectivity index (χ2v) is 4.37. The van der Waals surface area contributed by atoms with Crippen LogP contribution in [0.3, 0.4) is 0 Å². The molecule has 3 rings (SSSR count). The highest BCUT2D eigenvalue weighted by molar-refractivity contribution is 5.79. The standard InChI is InChI=1S/C11H12FN5O2/c1-19-9-7-8(15-10(13)16-9)17(5-14-7)3-6-2-11(6,12)4-18/h3,5,18H,2,4H2,1H3,(H2,13,15,16)/b6-3+. The third-order valence-electron chi connectivity index (χ3n) is 3.07. The number of aromatic nitrogens is 4. The SMILES string of the molecule is COc1nc(N)nc2c1ncn2/C=C1\CC1(F)CO. The zero-order valence-corrected chi connectivity index (χ0v) is 10.2. The Bertz CT molecular complexity index is 683. The summed E-state index contributed by atoms with van der Waals surface area (Å²) in [7, 11) is 1.46. The fraction of sp³-hybridized carbons (Fsp3) is 0.364. The van der Waals surface area contributed by atoms with Crippen LogP contribution in [0.25, 0.3) is 17.4 Å². The van der Waals surface area contributed by atoms with Crippen LogP contribution >= 0.6 is 0 Å². The molecule has 2 aromatic heterocycles.